The zero-order valence-corrected chi connectivity index (χ0v) is 13.0. The molecule has 7 heteroatoms. The second-order valence-corrected chi connectivity index (χ2v) is 6.27. The van der Waals surface area contributed by atoms with Gasteiger partial charge in [-0.1, -0.05) is 12.1 Å². The van der Waals surface area contributed by atoms with Crippen LogP contribution in [0.4, 0.5) is 5.88 Å². The molecular formula is C13H7BrClNO3S. The lowest BCUT2D eigenvalue weighted by molar-refractivity contribution is -0.402. The van der Waals surface area contributed by atoms with E-state index in [2.05, 4.69) is 15.9 Å². The first-order chi connectivity index (χ1) is 9.58. The summed E-state index contributed by atoms with van der Waals surface area (Å²) >= 11 is 11.5. The Morgan fingerprint density at radius 1 is 1.35 bits per heavy atom. The maximum atomic E-state index is 10.6. The number of halogens is 2. The van der Waals surface area contributed by atoms with Crippen LogP contribution in [0.1, 0.15) is 16.7 Å². The second kappa shape index (κ2) is 5.20. The third-order valence-electron chi connectivity index (χ3n) is 2.90. The number of alkyl halides is 1. The van der Waals surface area contributed by atoms with Crippen molar-refractivity contribution in [1.82, 2.24) is 0 Å². The average Bonchev–Trinajstić information content (AvgIpc) is 3.05. The van der Waals surface area contributed by atoms with Crippen molar-refractivity contribution >= 4 is 54.8 Å². The van der Waals surface area contributed by atoms with Crippen LogP contribution in [0.15, 0.2) is 44.6 Å². The van der Waals surface area contributed by atoms with Crippen molar-refractivity contribution in [2.45, 2.75) is 5.38 Å². The van der Waals surface area contributed by atoms with E-state index in [0.29, 0.717) is 5.76 Å². The van der Waals surface area contributed by atoms with Crippen LogP contribution >= 0.6 is 38.9 Å². The normalized spacial score (nSPS) is 12.7. The highest BCUT2D eigenvalue weighted by atomic mass is 79.9. The quantitative estimate of drug-likeness (QED) is 0.347. The first-order valence-electron chi connectivity index (χ1n) is 5.61. The van der Waals surface area contributed by atoms with Crippen molar-refractivity contribution < 1.29 is 9.34 Å². The Morgan fingerprint density at radius 2 is 2.15 bits per heavy atom. The summed E-state index contributed by atoms with van der Waals surface area (Å²) in [5.41, 5.74) is 0.886. The number of benzene rings is 1. The van der Waals surface area contributed by atoms with Gasteiger partial charge in [0.2, 0.25) is 0 Å². The summed E-state index contributed by atoms with van der Waals surface area (Å²) in [6.07, 6.45) is 0. The molecule has 2 heterocycles. The summed E-state index contributed by atoms with van der Waals surface area (Å²) in [7, 11) is 0. The summed E-state index contributed by atoms with van der Waals surface area (Å²) in [5.74, 6) is 0.0735. The smallest absolute Gasteiger partial charge is 0.404 e. The molecule has 0 amide bonds. The third kappa shape index (κ3) is 2.24. The highest BCUT2D eigenvalue weighted by Crippen LogP contribution is 2.40. The molecule has 0 saturated carbocycles. The van der Waals surface area contributed by atoms with Gasteiger partial charge < -0.3 is 4.42 Å². The molecule has 3 aromatic rings. The van der Waals surface area contributed by atoms with Crippen molar-refractivity contribution in [1.29, 1.82) is 0 Å². The Bertz CT molecular complexity index is 798. The van der Waals surface area contributed by atoms with Gasteiger partial charge in [-0.25, -0.2) is 0 Å². The molecule has 1 aromatic carbocycles. The van der Waals surface area contributed by atoms with E-state index in [9.17, 15) is 10.1 Å². The number of hydrogen-bond donors (Lipinski definition) is 0. The van der Waals surface area contributed by atoms with E-state index in [1.807, 2.05) is 23.6 Å². The SMILES string of the molecule is O=[N+]([O-])c1ccc(C(Cl)c2csc3c(Br)cccc23)o1. The lowest BCUT2D eigenvalue weighted by atomic mass is 10.1. The highest BCUT2D eigenvalue weighted by molar-refractivity contribution is 9.10. The molecule has 3 rings (SSSR count). The van der Waals surface area contributed by atoms with Gasteiger partial charge in [-0.2, -0.15) is 0 Å². The third-order valence-corrected chi connectivity index (χ3v) is 5.32. The largest absolute Gasteiger partial charge is 0.433 e. The Morgan fingerprint density at radius 3 is 2.85 bits per heavy atom. The summed E-state index contributed by atoms with van der Waals surface area (Å²) in [5, 5.41) is 13.1. The molecular weight excluding hydrogens is 366 g/mol. The minimum absolute atomic E-state index is 0.300. The maximum absolute atomic E-state index is 10.6. The van der Waals surface area contributed by atoms with Crippen molar-refractivity contribution in [2.75, 3.05) is 0 Å². The van der Waals surface area contributed by atoms with Crippen LogP contribution < -0.4 is 0 Å². The van der Waals surface area contributed by atoms with Crippen LogP contribution in [-0.4, -0.2) is 4.92 Å². The van der Waals surface area contributed by atoms with Crippen LogP contribution in [-0.2, 0) is 0 Å². The monoisotopic (exact) mass is 371 g/mol. The van der Waals surface area contributed by atoms with E-state index in [0.717, 1.165) is 20.1 Å². The van der Waals surface area contributed by atoms with Crippen LogP contribution in [0.2, 0.25) is 0 Å². The van der Waals surface area contributed by atoms with Crippen molar-refractivity contribution in [2.24, 2.45) is 0 Å². The average molecular weight is 373 g/mol. The van der Waals surface area contributed by atoms with E-state index in [1.165, 1.54) is 12.1 Å². The van der Waals surface area contributed by atoms with Gasteiger partial charge >= 0.3 is 5.88 Å². The Hall–Kier alpha value is -1.37. The van der Waals surface area contributed by atoms with E-state index in [-0.39, 0.29) is 5.88 Å². The standard InChI is InChI=1S/C13H7BrClNO3S/c14-9-3-1-2-7-8(6-20-13(7)9)12(15)10-4-5-11(19-10)16(17)18/h1-6,12H. The van der Waals surface area contributed by atoms with Gasteiger partial charge in [0, 0.05) is 9.17 Å². The fourth-order valence-corrected chi connectivity index (χ4v) is 3.99. The first-order valence-corrected chi connectivity index (χ1v) is 7.72. The molecule has 2 aromatic heterocycles. The van der Waals surface area contributed by atoms with Gasteiger partial charge in [-0.15, -0.1) is 22.9 Å². The number of rotatable bonds is 3. The van der Waals surface area contributed by atoms with Crippen LogP contribution in [0.3, 0.4) is 0 Å². The van der Waals surface area contributed by atoms with Gasteiger partial charge in [0.05, 0.1) is 6.07 Å². The topological polar surface area (TPSA) is 56.3 Å². The molecule has 4 nitrogen and oxygen atoms in total. The molecule has 0 aliphatic carbocycles. The highest BCUT2D eigenvalue weighted by Gasteiger charge is 2.22. The lowest BCUT2D eigenvalue weighted by Crippen LogP contribution is -1.90. The lowest BCUT2D eigenvalue weighted by Gasteiger charge is -2.05. The first kappa shape index (κ1) is 13.6. The molecule has 0 spiro atoms. The Kier molecular flexibility index (Phi) is 3.54. The number of nitrogens with zero attached hydrogens (tertiary/aromatic N) is 1. The zero-order valence-electron chi connectivity index (χ0n) is 9.88. The second-order valence-electron chi connectivity index (χ2n) is 4.10. The predicted octanol–water partition coefficient (Wildman–Crippen LogP) is 5.49. The minimum atomic E-state index is -0.574. The summed E-state index contributed by atoms with van der Waals surface area (Å²) in [6, 6.07) is 8.71. The summed E-state index contributed by atoms with van der Waals surface area (Å²) in [6.45, 7) is 0. The summed E-state index contributed by atoms with van der Waals surface area (Å²) < 4.78 is 7.26. The molecule has 102 valence electrons. The molecule has 0 radical (unpaired) electrons. The van der Waals surface area contributed by atoms with Crippen molar-refractivity contribution in [3.8, 4) is 0 Å². The maximum Gasteiger partial charge on any atom is 0.433 e. The van der Waals surface area contributed by atoms with Gasteiger partial charge in [0.1, 0.15) is 16.1 Å². The Balaban J connectivity index is 2.05. The van der Waals surface area contributed by atoms with E-state index in [1.54, 1.807) is 11.3 Å². The fourth-order valence-electron chi connectivity index (χ4n) is 1.97. The van der Waals surface area contributed by atoms with Gasteiger partial charge in [-0.05, 0) is 44.4 Å². The van der Waals surface area contributed by atoms with E-state index >= 15 is 0 Å². The Labute approximate surface area is 131 Å². The summed E-state index contributed by atoms with van der Waals surface area (Å²) in [4.78, 5) is 10.1. The number of fused-ring (bicyclic) bond motifs is 1. The van der Waals surface area contributed by atoms with Gasteiger partial charge in [0.25, 0.3) is 0 Å². The molecule has 0 aliphatic heterocycles. The van der Waals surface area contributed by atoms with Gasteiger partial charge in [-0.3, -0.25) is 10.1 Å². The van der Waals surface area contributed by atoms with Crippen molar-refractivity contribution in [3.63, 3.8) is 0 Å². The molecule has 0 aliphatic rings. The van der Waals surface area contributed by atoms with Gasteiger partial charge in [0.15, 0.2) is 0 Å². The number of nitro groups is 1. The van der Waals surface area contributed by atoms with Crippen LogP contribution in [0, 0.1) is 10.1 Å². The van der Waals surface area contributed by atoms with Crippen LogP contribution in [0.25, 0.3) is 10.1 Å². The zero-order chi connectivity index (χ0) is 14.3. The molecule has 0 fully saturated rings. The molecule has 0 N–H and O–H groups in total. The molecule has 0 saturated heterocycles. The molecule has 0 bridgehead atoms. The predicted molar refractivity (Wildman–Crippen MR) is 82.6 cm³/mol. The minimum Gasteiger partial charge on any atom is -0.404 e. The fraction of sp³-hybridized carbons (Fsp3) is 0.0769. The van der Waals surface area contributed by atoms with Crippen molar-refractivity contribution in [3.05, 3.63) is 61.6 Å². The van der Waals surface area contributed by atoms with Crippen LogP contribution in [0.5, 0.6) is 0 Å². The molecule has 20 heavy (non-hydrogen) atoms. The number of furan rings is 1. The van der Waals surface area contributed by atoms with E-state index in [4.69, 9.17) is 16.0 Å². The van der Waals surface area contributed by atoms with E-state index < -0.39 is 10.3 Å². The number of hydrogen-bond acceptors (Lipinski definition) is 4. The molecule has 1 atom stereocenters. The molecule has 1 unspecified atom stereocenters. The number of thiophene rings is 1.